The molecule has 0 saturated carbocycles. The third-order valence-corrected chi connectivity index (χ3v) is 5.93. The Hall–Kier alpha value is -4.66. The van der Waals surface area contributed by atoms with Gasteiger partial charge in [0, 0.05) is 43.7 Å². The number of hydrogen-bond acceptors (Lipinski definition) is 6. The van der Waals surface area contributed by atoms with Crippen molar-refractivity contribution < 1.29 is 9.53 Å². The molecule has 0 saturated heterocycles. The van der Waals surface area contributed by atoms with Crippen molar-refractivity contribution in [3.8, 4) is 22.6 Å². The predicted molar refractivity (Wildman–Crippen MR) is 139 cm³/mol. The first-order valence-electron chi connectivity index (χ1n) is 11.9. The highest BCUT2D eigenvalue weighted by molar-refractivity contribution is 6.02. The predicted octanol–water partition coefficient (Wildman–Crippen LogP) is 4.63. The number of aromatic nitrogens is 5. The standard InChI is InChI=1S/C27H27N7O2/c1-2-24(35)33(15-6-14-32-16-13-29-19-32)34-17-23(25-26(28)30-18-31-27(25)34)20-9-11-22(12-10-20)36-21-7-4-3-5-8-21/h3-5,7-13,16-19H,2,6,14-15H2,1H3,(H2,28,30,31). The lowest BCUT2D eigenvalue weighted by Gasteiger charge is -2.24. The molecule has 36 heavy (non-hydrogen) atoms. The average molecular weight is 482 g/mol. The first-order chi connectivity index (χ1) is 17.6. The van der Waals surface area contributed by atoms with Gasteiger partial charge in [-0.2, -0.15) is 0 Å². The summed E-state index contributed by atoms with van der Waals surface area (Å²) < 4.78 is 9.73. The molecule has 2 aromatic carbocycles. The summed E-state index contributed by atoms with van der Waals surface area (Å²) in [5, 5.41) is 2.43. The zero-order valence-electron chi connectivity index (χ0n) is 20.0. The fraction of sp³-hybridized carbons (Fsp3) is 0.185. The minimum absolute atomic E-state index is 0.00660. The Kier molecular flexibility index (Phi) is 6.61. The molecule has 9 nitrogen and oxygen atoms in total. The normalized spacial score (nSPS) is 11.0. The molecule has 0 aliphatic rings. The number of hydrogen-bond donors (Lipinski definition) is 1. The highest BCUT2D eigenvalue weighted by atomic mass is 16.5. The van der Waals surface area contributed by atoms with Crippen LogP contribution >= 0.6 is 0 Å². The quantitative estimate of drug-likeness (QED) is 0.329. The molecular weight excluding hydrogens is 454 g/mol. The van der Waals surface area contributed by atoms with E-state index in [4.69, 9.17) is 10.5 Å². The molecule has 0 fully saturated rings. The molecule has 0 atom stereocenters. The minimum Gasteiger partial charge on any atom is -0.457 e. The van der Waals surface area contributed by atoms with Crippen LogP contribution in [0.25, 0.3) is 22.2 Å². The summed E-state index contributed by atoms with van der Waals surface area (Å²) in [7, 11) is 0. The van der Waals surface area contributed by atoms with Gasteiger partial charge in [-0.05, 0) is 36.2 Å². The summed E-state index contributed by atoms with van der Waals surface area (Å²) in [6.45, 7) is 3.12. The molecule has 2 N–H and O–H groups in total. The van der Waals surface area contributed by atoms with Gasteiger partial charge in [0.1, 0.15) is 23.6 Å². The number of amides is 1. The summed E-state index contributed by atoms with van der Waals surface area (Å²) in [5.41, 5.74) is 8.66. The van der Waals surface area contributed by atoms with Gasteiger partial charge in [0.15, 0.2) is 5.65 Å². The fourth-order valence-corrected chi connectivity index (χ4v) is 4.16. The van der Waals surface area contributed by atoms with Crippen LogP contribution in [0.1, 0.15) is 19.8 Å². The van der Waals surface area contributed by atoms with Crippen LogP contribution in [0.5, 0.6) is 11.5 Å². The molecule has 1 amide bonds. The number of para-hydroxylation sites is 1. The summed E-state index contributed by atoms with van der Waals surface area (Å²) in [6, 6.07) is 17.4. The highest BCUT2D eigenvalue weighted by Crippen LogP contribution is 2.34. The number of carbonyl (C=O) groups excluding carboxylic acids is 1. The number of ether oxygens (including phenoxy) is 1. The number of rotatable bonds is 9. The summed E-state index contributed by atoms with van der Waals surface area (Å²) in [5.74, 6) is 1.85. The molecule has 0 aliphatic carbocycles. The van der Waals surface area contributed by atoms with E-state index in [2.05, 4.69) is 15.0 Å². The van der Waals surface area contributed by atoms with E-state index in [1.807, 2.05) is 78.5 Å². The SMILES string of the molecule is CCC(=O)N(CCCn1ccnc1)n1cc(-c2ccc(Oc3ccccc3)cc2)c2c(N)ncnc21. The number of nitrogens with two attached hydrogens (primary N) is 1. The van der Waals surface area contributed by atoms with Crippen molar-refractivity contribution in [3.05, 3.63) is 85.8 Å². The van der Waals surface area contributed by atoms with Crippen LogP contribution in [-0.2, 0) is 11.3 Å². The van der Waals surface area contributed by atoms with Gasteiger partial charge in [0.25, 0.3) is 0 Å². The maximum absolute atomic E-state index is 13.0. The Balaban J connectivity index is 1.48. The minimum atomic E-state index is -0.00660. The molecule has 3 aromatic heterocycles. The van der Waals surface area contributed by atoms with Crippen molar-refractivity contribution in [2.24, 2.45) is 0 Å². The number of benzene rings is 2. The number of fused-ring (bicyclic) bond motifs is 1. The number of aryl methyl sites for hydroxylation is 1. The first-order valence-corrected chi connectivity index (χ1v) is 11.9. The van der Waals surface area contributed by atoms with Crippen LogP contribution < -0.4 is 15.5 Å². The molecular formula is C27H27N7O2. The number of carbonyl (C=O) groups is 1. The monoisotopic (exact) mass is 481 g/mol. The molecule has 9 heteroatoms. The van der Waals surface area contributed by atoms with Crippen LogP contribution in [0.2, 0.25) is 0 Å². The van der Waals surface area contributed by atoms with Gasteiger partial charge in [0.2, 0.25) is 5.91 Å². The van der Waals surface area contributed by atoms with E-state index >= 15 is 0 Å². The summed E-state index contributed by atoms with van der Waals surface area (Å²) >= 11 is 0. The van der Waals surface area contributed by atoms with E-state index < -0.39 is 0 Å². The molecule has 0 radical (unpaired) electrons. The largest absolute Gasteiger partial charge is 0.457 e. The van der Waals surface area contributed by atoms with E-state index in [1.165, 1.54) is 6.33 Å². The Labute approximate surface area is 208 Å². The second kappa shape index (κ2) is 10.3. The van der Waals surface area contributed by atoms with Gasteiger partial charge in [-0.1, -0.05) is 37.3 Å². The van der Waals surface area contributed by atoms with Crippen molar-refractivity contribution in [3.63, 3.8) is 0 Å². The second-order valence-electron chi connectivity index (χ2n) is 8.31. The highest BCUT2D eigenvalue weighted by Gasteiger charge is 2.21. The maximum atomic E-state index is 13.0. The van der Waals surface area contributed by atoms with Crippen LogP contribution in [0.15, 0.2) is 85.8 Å². The van der Waals surface area contributed by atoms with E-state index in [9.17, 15) is 4.79 Å². The zero-order chi connectivity index (χ0) is 24.9. The summed E-state index contributed by atoms with van der Waals surface area (Å²) in [4.78, 5) is 25.8. The van der Waals surface area contributed by atoms with Crippen molar-refractivity contribution in [2.45, 2.75) is 26.3 Å². The molecule has 182 valence electrons. The average Bonchev–Trinajstić information content (AvgIpc) is 3.56. The smallest absolute Gasteiger partial charge is 0.241 e. The number of nitrogen functional groups attached to an aromatic ring is 1. The lowest BCUT2D eigenvalue weighted by molar-refractivity contribution is -0.119. The Morgan fingerprint density at radius 1 is 1.06 bits per heavy atom. The van der Waals surface area contributed by atoms with Gasteiger partial charge in [-0.25, -0.2) is 24.6 Å². The summed E-state index contributed by atoms with van der Waals surface area (Å²) in [6.07, 6.45) is 9.89. The fourth-order valence-electron chi connectivity index (χ4n) is 4.16. The Morgan fingerprint density at radius 3 is 2.56 bits per heavy atom. The van der Waals surface area contributed by atoms with E-state index in [0.29, 0.717) is 29.8 Å². The maximum Gasteiger partial charge on any atom is 0.241 e. The van der Waals surface area contributed by atoms with E-state index in [1.54, 1.807) is 22.2 Å². The van der Waals surface area contributed by atoms with E-state index in [-0.39, 0.29) is 5.91 Å². The van der Waals surface area contributed by atoms with Crippen molar-refractivity contribution >= 4 is 22.8 Å². The van der Waals surface area contributed by atoms with Gasteiger partial charge >= 0.3 is 0 Å². The van der Waals surface area contributed by atoms with E-state index in [0.717, 1.165) is 35.6 Å². The third kappa shape index (κ3) is 4.76. The van der Waals surface area contributed by atoms with Crippen LogP contribution in [-0.4, -0.2) is 36.6 Å². The second-order valence-corrected chi connectivity index (χ2v) is 8.31. The van der Waals surface area contributed by atoms with Crippen molar-refractivity contribution in [1.82, 2.24) is 24.2 Å². The molecule has 0 aliphatic heterocycles. The van der Waals surface area contributed by atoms with Gasteiger partial charge < -0.3 is 15.0 Å². The van der Waals surface area contributed by atoms with Gasteiger partial charge in [-0.3, -0.25) is 4.79 Å². The van der Waals surface area contributed by atoms with Crippen molar-refractivity contribution in [2.75, 3.05) is 17.3 Å². The van der Waals surface area contributed by atoms with Gasteiger partial charge in [-0.15, -0.1) is 0 Å². The molecule has 3 heterocycles. The zero-order valence-corrected chi connectivity index (χ0v) is 20.0. The van der Waals surface area contributed by atoms with Crippen molar-refractivity contribution in [1.29, 1.82) is 0 Å². The van der Waals surface area contributed by atoms with Gasteiger partial charge in [0.05, 0.1) is 11.7 Å². The molecule has 0 bridgehead atoms. The topological polar surface area (TPSA) is 104 Å². The molecule has 0 unspecified atom stereocenters. The lowest BCUT2D eigenvalue weighted by Crippen LogP contribution is -2.40. The molecule has 5 aromatic rings. The number of anilines is 1. The third-order valence-electron chi connectivity index (χ3n) is 5.93. The first kappa shape index (κ1) is 23.1. The number of nitrogens with zero attached hydrogens (tertiary/aromatic N) is 6. The van der Waals surface area contributed by atoms with Crippen LogP contribution in [0.3, 0.4) is 0 Å². The van der Waals surface area contributed by atoms with Crippen LogP contribution in [0, 0.1) is 0 Å². The van der Waals surface area contributed by atoms with Crippen LogP contribution in [0.4, 0.5) is 5.82 Å². The Morgan fingerprint density at radius 2 is 1.83 bits per heavy atom. The number of imidazole rings is 1. The Bertz CT molecular complexity index is 1450. The molecule has 0 spiro atoms. The molecule has 5 rings (SSSR count). The lowest BCUT2D eigenvalue weighted by atomic mass is 10.1.